The number of thiophene rings is 1. The molecule has 24 heavy (non-hydrogen) atoms. The van der Waals surface area contributed by atoms with E-state index in [0.717, 1.165) is 39.4 Å². The van der Waals surface area contributed by atoms with Crippen LogP contribution in [-0.4, -0.2) is 15.0 Å². The summed E-state index contributed by atoms with van der Waals surface area (Å²) < 4.78 is 0. The van der Waals surface area contributed by atoms with Crippen LogP contribution in [0.5, 0.6) is 0 Å². The van der Waals surface area contributed by atoms with Crippen LogP contribution in [0.3, 0.4) is 0 Å². The number of benzene rings is 1. The van der Waals surface area contributed by atoms with Crippen molar-refractivity contribution in [1.82, 2.24) is 15.0 Å². The number of rotatable bonds is 4. The summed E-state index contributed by atoms with van der Waals surface area (Å²) in [5, 5.41) is 9.20. The van der Waals surface area contributed by atoms with Gasteiger partial charge >= 0.3 is 0 Å². The van der Waals surface area contributed by atoms with E-state index in [-0.39, 0.29) is 0 Å². The number of anilines is 2. The molecule has 0 saturated heterocycles. The van der Waals surface area contributed by atoms with Crippen LogP contribution in [0.15, 0.2) is 59.8 Å². The van der Waals surface area contributed by atoms with Gasteiger partial charge in [-0.1, -0.05) is 17.7 Å². The van der Waals surface area contributed by atoms with E-state index >= 15 is 0 Å². The number of hydrogen-bond acceptors (Lipinski definition) is 5. The third-order valence-corrected chi connectivity index (χ3v) is 4.81. The average Bonchev–Trinajstić information content (AvgIpc) is 3.11. The van der Waals surface area contributed by atoms with E-state index < -0.39 is 0 Å². The second-order valence-corrected chi connectivity index (χ2v) is 6.54. The Morgan fingerprint density at radius 1 is 1.12 bits per heavy atom. The van der Waals surface area contributed by atoms with Gasteiger partial charge in [-0.25, -0.2) is 9.97 Å². The lowest BCUT2D eigenvalue weighted by Gasteiger charge is -2.10. The topological polar surface area (TPSA) is 50.7 Å². The van der Waals surface area contributed by atoms with E-state index in [1.807, 2.05) is 24.3 Å². The highest BCUT2D eigenvalue weighted by atomic mass is 35.5. The van der Waals surface area contributed by atoms with Crippen molar-refractivity contribution in [1.29, 1.82) is 0 Å². The molecule has 3 aromatic heterocycles. The first-order valence-electron chi connectivity index (χ1n) is 7.41. The zero-order chi connectivity index (χ0) is 16.4. The molecular weight excluding hydrogens is 340 g/mol. The molecule has 0 aliphatic rings. The van der Waals surface area contributed by atoms with Crippen molar-refractivity contribution in [3.63, 3.8) is 0 Å². The summed E-state index contributed by atoms with van der Waals surface area (Å²) in [6.07, 6.45) is 5.82. The monoisotopic (exact) mass is 352 g/mol. The normalized spacial score (nSPS) is 10.9. The Labute approximate surface area is 148 Å². The summed E-state index contributed by atoms with van der Waals surface area (Å²) in [7, 11) is 0. The Balaban J connectivity index is 1.62. The van der Waals surface area contributed by atoms with Crippen molar-refractivity contribution < 1.29 is 0 Å². The van der Waals surface area contributed by atoms with Gasteiger partial charge in [-0.3, -0.25) is 4.98 Å². The van der Waals surface area contributed by atoms with Crippen LogP contribution in [0.4, 0.5) is 11.5 Å². The largest absolute Gasteiger partial charge is 0.340 e. The standard InChI is InChI=1S/C18H13ClN4S/c19-16-8-14(2-1-13(16)7-12-4-6-24-10-12)23-18-15-3-5-20-9-17(15)21-11-22-18/h1-6,8-11H,7H2,(H,21,22,23). The van der Waals surface area contributed by atoms with Gasteiger partial charge in [0.15, 0.2) is 0 Å². The van der Waals surface area contributed by atoms with E-state index in [1.165, 1.54) is 11.9 Å². The van der Waals surface area contributed by atoms with Gasteiger partial charge in [0.2, 0.25) is 0 Å². The van der Waals surface area contributed by atoms with Crippen molar-refractivity contribution in [2.45, 2.75) is 6.42 Å². The van der Waals surface area contributed by atoms with E-state index in [1.54, 1.807) is 23.7 Å². The molecule has 0 aliphatic heterocycles. The summed E-state index contributed by atoms with van der Waals surface area (Å²) in [5.41, 5.74) is 4.08. The van der Waals surface area contributed by atoms with Gasteiger partial charge in [-0.2, -0.15) is 11.3 Å². The van der Waals surface area contributed by atoms with Crippen molar-refractivity contribution in [3.05, 3.63) is 76.0 Å². The molecule has 0 fully saturated rings. The summed E-state index contributed by atoms with van der Waals surface area (Å²) >= 11 is 8.15. The van der Waals surface area contributed by atoms with E-state index in [9.17, 15) is 0 Å². The Morgan fingerprint density at radius 3 is 2.92 bits per heavy atom. The first-order valence-corrected chi connectivity index (χ1v) is 8.73. The summed E-state index contributed by atoms with van der Waals surface area (Å²) in [5.74, 6) is 0.740. The SMILES string of the molecule is Clc1cc(Nc2ncnc3cnccc23)ccc1Cc1ccsc1. The smallest absolute Gasteiger partial charge is 0.141 e. The molecule has 0 aliphatic carbocycles. The lowest BCUT2D eigenvalue weighted by atomic mass is 10.1. The van der Waals surface area contributed by atoms with Crippen LogP contribution in [0, 0.1) is 0 Å². The van der Waals surface area contributed by atoms with Crippen LogP contribution >= 0.6 is 22.9 Å². The molecule has 0 spiro atoms. The zero-order valence-electron chi connectivity index (χ0n) is 12.6. The Kier molecular flexibility index (Phi) is 4.11. The molecule has 6 heteroatoms. The van der Waals surface area contributed by atoms with Crippen LogP contribution in [-0.2, 0) is 6.42 Å². The quantitative estimate of drug-likeness (QED) is 0.556. The third kappa shape index (κ3) is 3.09. The van der Waals surface area contributed by atoms with Crippen molar-refractivity contribution in [2.75, 3.05) is 5.32 Å². The fourth-order valence-electron chi connectivity index (χ4n) is 2.53. The molecule has 0 amide bonds. The van der Waals surface area contributed by atoms with Crippen molar-refractivity contribution in [3.8, 4) is 0 Å². The molecule has 4 rings (SSSR count). The minimum Gasteiger partial charge on any atom is -0.340 e. The fraction of sp³-hybridized carbons (Fsp3) is 0.0556. The molecule has 0 saturated carbocycles. The minimum absolute atomic E-state index is 0.740. The summed E-state index contributed by atoms with van der Waals surface area (Å²) in [6.45, 7) is 0. The highest BCUT2D eigenvalue weighted by Gasteiger charge is 2.07. The van der Waals surface area contributed by atoms with Gasteiger partial charge in [-0.15, -0.1) is 0 Å². The van der Waals surface area contributed by atoms with Gasteiger partial charge in [0.1, 0.15) is 12.1 Å². The summed E-state index contributed by atoms with van der Waals surface area (Å²) in [6, 6.07) is 10.0. The highest BCUT2D eigenvalue weighted by molar-refractivity contribution is 7.07. The predicted molar refractivity (Wildman–Crippen MR) is 99.2 cm³/mol. The maximum Gasteiger partial charge on any atom is 0.141 e. The number of nitrogens with one attached hydrogen (secondary N) is 1. The number of aromatic nitrogens is 3. The van der Waals surface area contributed by atoms with Crippen LogP contribution in [0.25, 0.3) is 10.9 Å². The second kappa shape index (κ2) is 6.55. The number of halogens is 1. The van der Waals surface area contributed by atoms with Gasteiger partial charge in [0, 0.05) is 22.3 Å². The average molecular weight is 353 g/mol. The van der Waals surface area contributed by atoms with Crippen LogP contribution < -0.4 is 5.32 Å². The molecule has 4 nitrogen and oxygen atoms in total. The molecule has 1 aromatic carbocycles. The van der Waals surface area contributed by atoms with Crippen LogP contribution in [0.1, 0.15) is 11.1 Å². The molecule has 0 radical (unpaired) electrons. The van der Waals surface area contributed by atoms with Gasteiger partial charge < -0.3 is 5.32 Å². The van der Waals surface area contributed by atoms with Gasteiger partial charge in [-0.05, 0) is 52.6 Å². The Morgan fingerprint density at radius 2 is 2.08 bits per heavy atom. The first kappa shape index (κ1) is 15.1. The van der Waals surface area contributed by atoms with Crippen molar-refractivity contribution in [2.24, 2.45) is 0 Å². The third-order valence-electron chi connectivity index (χ3n) is 3.73. The van der Waals surface area contributed by atoms with E-state index in [2.05, 4.69) is 37.1 Å². The first-order chi connectivity index (χ1) is 11.8. The predicted octanol–water partition coefficient (Wildman–Crippen LogP) is 5.07. The Bertz CT molecular complexity index is 980. The Hall–Kier alpha value is -2.50. The molecule has 1 N–H and O–H groups in total. The highest BCUT2D eigenvalue weighted by Crippen LogP contribution is 2.27. The second-order valence-electron chi connectivity index (χ2n) is 5.35. The van der Waals surface area contributed by atoms with Gasteiger partial charge in [0.25, 0.3) is 0 Å². The number of pyridine rings is 1. The summed E-state index contributed by atoms with van der Waals surface area (Å²) in [4.78, 5) is 12.6. The van der Waals surface area contributed by atoms with Gasteiger partial charge in [0.05, 0.1) is 11.7 Å². The molecule has 0 unspecified atom stereocenters. The minimum atomic E-state index is 0.740. The molecule has 3 heterocycles. The fourth-order valence-corrected chi connectivity index (χ4v) is 3.44. The molecule has 4 aromatic rings. The lowest BCUT2D eigenvalue weighted by Crippen LogP contribution is -1.97. The zero-order valence-corrected chi connectivity index (χ0v) is 14.2. The number of nitrogens with zero attached hydrogens (tertiary/aromatic N) is 3. The van der Waals surface area contributed by atoms with Crippen LogP contribution in [0.2, 0.25) is 5.02 Å². The molecular formula is C18H13ClN4S. The molecule has 118 valence electrons. The molecule has 0 bridgehead atoms. The van der Waals surface area contributed by atoms with E-state index in [4.69, 9.17) is 11.6 Å². The number of fused-ring (bicyclic) bond motifs is 1. The number of hydrogen-bond donors (Lipinski definition) is 1. The maximum absolute atomic E-state index is 6.45. The maximum atomic E-state index is 6.45. The lowest BCUT2D eigenvalue weighted by molar-refractivity contribution is 1.19. The van der Waals surface area contributed by atoms with E-state index in [0.29, 0.717) is 0 Å². The van der Waals surface area contributed by atoms with Crippen molar-refractivity contribution >= 4 is 45.3 Å². The molecule has 0 atom stereocenters.